The third-order valence-corrected chi connectivity index (χ3v) is 5.24. The van der Waals surface area contributed by atoms with Crippen LogP contribution in [0.1, 0.15) is 58.6 Å². The number of amides is 2. The standard InChI is InChI=1S/C22H34N4O4/c1-14-19-18(29-13-16(27)12-23-22(2,3)4)11-10-17(20(19)30-26-14)25-21(28)24-15-8-6-5-7-9-15/h10-11,15-16,23,27H,5-9,12-13H2,1-4H3,(H2,24,25,28). The molecule has 1 atom stereocenters. The van der Waals surface area contributed by atoms with Crippen LogP contribution in [0.5, 0.6) is 5.75 Å². The minimum Gasteiger partial charge on any atom is -0.490 e. The van der Waals surface area contributed by atoms with Crippen molar-refractivity contribution in [3.8, 4) is 5.75 Å². The highest BCUT2D eigenvalue weighted by Crippen LogP contribution is 2.34. The van der Waals surface area contributed by atoms with E-state index in [0.29, 0.717) is 34.6 Å². The van der Waals surface area contributed by atoms with Gasteiger partial charge in [-0.1, -0.05) is 24.4 Å². The molecule has 0 radical (unpaired) electrons. The molecule has 1 aromatic heterocycles. The van der Waals surface area contributed by atoms with Crippen LogP contribution in [0.3, 0.4) is 0 Å². The van der Waals surface area contributed by atoms with Gasteiger partial charge < -0.3 is 30.3 Å². The van der Waals surface area contributed by atoms with Gasteiger partial charge in [0.05, 0.1) is 16.8 Å². The molecule has 0 saturated heterocycles. The number of nitrogens with zero attached hydrogens (tertiary/aromatic N) is 1. The van der Waals surface area contributed by atoms with Gasteiger partial charge in [0.25, 0.3) is 0 Å². The maximum absolute atomic E-state index is 12.4. The Morgan fingerprint density at radius 2 is 2.03 bits per heavy atom. The molecule has 8 heteroatoms. The van der Waals surface area contributed by atoms with Crippen LogP contribution in [0.25, 0.3) is 11.0 Å². The summed E-state index contributed by atoms with van der Waals surface area (Å²) in [7, 11) is 0. The zero-order valence-corrected chi connectivity index (χ0v) is 18.4. The second-order valence-corrected chi connectivity index (χ2v) is 9.11. The number of carbonyl (C=O) groups is 1. The SMILES string of the molecule is Cc1noc2c(NC(=O)NC3CCCCC3)ccc(OCC(O)CNC(C)(C)C)c12. The Balaban J connectivity index is 1.65. The average molecular weight is 419 g/mol. The summed E-state index contributed by atoms with van der Waals surface area (Å²) in [5.41, 5.74) is 1.59. The summed E-state index contributed by atoms with van der Waals surface area (Å²) in [6.07, 6.45) is 4.92. The lowest BCUT2D eigenvalue weighted by atomic mass is 9.96. The average Bonchev–Trinajstić information content (AvgIpc) is 3.08. The van der Waals surface area contributed by atoms with Gasteiger partial charge in [0.2, 0.25) is 0 Å². The lowest BCUT2D eigenvalue weighted by molar-refractivity contribution is 0.101. The molecule has 0 spiro atoms. The Morgan fingerprint density at radius 3 is 2.73 bits per heavy atom. The van der Waals surface area contributed by atoms with Crippen LogP contribution >= 0.6 is 0 Å². The summed E-state index contributed by atoms with van der Waals surface area (Å²) in [6.45, 7) is 8.51. The number of urea groups is 1. The molecular weight excluding hydrogens is 384 g/mol. The number of benzene rings is 1. The topological polar surface area (TPSA) is 109 Å². The molecule has 1 saturated carbocycles. The summed E-state index contributed by atoms with van der Waals surface area (Å²) in [6, 6.07) is 3.49. The lowest BCUT2D eigenvalue weighted by Crippen LogP contribution is -2.42. The van der Waals surface area contributed by atoms with E-state index in [4.69, 9.17) is 9.26 Å². The van der Waals surface area contributed by atoms with Gasteiger partial charge >= 0.3 is 6.03 Å². The van der Waals surface area contributed by atoms with E-state index in [1.807, 2.05) is 27.7 Å². The molecule has 2 aromatic rings. The summed E-state index contributed by atoms with van der Waals surface area (Å²) in [5.74, 6) is 0.566. The van der Waals surface area contributed by atoms with E-state index < -0.39 is 6.10 Å². The predicted molar refractivity (Wildman–Crippen MR) is 117 cm³/mol. The first kappa shape index (κ1) is 22.4. The summed E-state index contributed by atoms with van der Waals surface area (Å²) >= 11 is 0. The minimum absolute atomic E-state index is 0.0785. The Morgan fingerprint density at radius 1 is 1.30 bits per heavy atom. The van der Waals surface area contributed by atoms with E-state index in [2.05, 4.69) is 21.1 Å². The normalized spacial score (nSPS) is 16.4. The maximum Gasteiger partial charge on any atom is 0.319 e. The molecular formula is C22H34N4O4. The van der Waals surface area contributed by atoms with Crippen LogP contribution in [-0.4, -0.2) is 47.1 Å². The monoisotopic (exact) mass is 418 g/mol. The molecule has 1 aromatic carbocycles. The number of fused-ring (bicyclic) bond motifs is 1. The van der Waals surface area contributed by atoms with Gasteiger partial charge in [0.15, 0.2) is 5.58 Å². The number of aliphatic hydroxyl groups excluding tert-OH is 1. The molecule has 4 N–H and O–H groups in total. The van der Waals surface area contributed by atoms with Crippen LogP contribution < -0.4 is 20.7 Å². The Labute approximate surface area is 177 Å². The molecule has 1 heterocycles. The van der Waals surface area contributed by atoms with Crippen molar-refractivity contribution < 1.29 is 19.2 Å². The number of ether oxygens (including phenoxy) is 1. The molecule has 1 aliphatic carbocycles. The lowest BCUT2D eigenvalue weighted by Gasteiger charge is -2.23. The number of aryl methyl sites for hydroxylation is 1. The van der Waals surface area contributed by atoms with Crippen molar-refractivity contribution in [3.05, 3.63) is 17.8 Å². The van der Waals surface area contributed by atoms with Gasteiger partial charge in [-0.2, -0.15) is 0 Å². The fourth-order valence-corrected chi connectivity index (χ4v) is 3.64. The number of carbonyl (C=O) groups excluding carboxylic acids is 1. The van der Waals surface area contributed by atoms with Gasteiger partial charge in [-0.3, -0.25) is 0 Å². The molecule has 166 valence electrons. The van der Waals surface area contributed by atoms with Crippen molar-refractivity contribution in [1.29, 1.82) is 0 Å². The largest absolute Gasteiger partial charge is 0.490 e. The third kappa shape index (κ3) is 6.09. The number of β-amino-alcohol motifs (C(OH)–C–C–N with tert-alkyl or cyclic N) is 1. The summed E-state index contributed by atoms with van der Waals surface area (Å²) in [5, 5.41) is 24.1. The number of hydrogen-bond donors (Lipinski definition) is 4. The fourth-order valence-electron chi connectivity index (χ4n) is 3.64. The fraction of sp³-hybridized carbons (Fsp3) is 0.636. The molecule has 3 rings (SSSR count). The van der Waals surface area contributed by atoms with Crippen molar-refractivity contribution in [1.82, 2.24) is 15.8 Å². The van der Waals surface area contributed by atoms with E-state index in [1.165, 1.54) is 6.42 Å². The first-order chi connectivity index (χ1) is 14.2. The molecule has 0 bridgehead atoms. The molecule has 1 aliphatic rings. The van der Waals surface area contributed by atoms with Crippen LogP contribution in [-0.2, 0) is 0 Å². The van der Waals surface area contributed by atoms with Crippen molar-refractivity contribution in [2.45, 2.75) is 77.5 Å². The highest BCUT2D eigenvalue weighted by molar-refractivity contribution is 6.01. The van der Waals surface area contributed by atoms with Gasteiger partial charge in [-0.25, -0.2) is 4.79 Å². The Hall–Kier alpha value is -2.32. The number of hydrogen-bond acceptors (Lipinski definition) is 6. The second-order valence-electron chi connectivity index (χ2n) is 9.11. The van der Waals surface area contributed by atoms with Gasteiger partial charge in [-0.15, -0.1) is 0 Å². The second kappa shape index (κ2) is 9.66. The number of nitrogens with one attached hydrogen (secondary N) is 3. The van der Waals surface area contributed by atoms with Gasteiger partial charge in [-0.05, 0) is 52.7 Å². The highest BCUT2D eigenvalue weighted by Gasteiger charge is 2.20. The molecule has 8 nitrogen and oxygen atoms in total. The van der Waals surface area contributed by atoms with Crippen molar-refractivity contribution in [2.75, 3.05) is 18.5 Å². The first-order valence-electron chi connectivity index (χ1n) is 10.8. The number of anilines is 1. The van der Waals surface area contributed by atoms with E-state index in [-0.39, 0.29) is 24.2 Å². The zero-order chi connectivity index (χ0) is 21.7. The van der Waals surface area contributed by atoms with E-state index >= 15 is 0 Å². The molecule has 2 amide bonds. The van der Waals surface area contributed by atoms with Crippen molar-refractivity contribution >= 4 is 22.7 Å². The smallest absolute Gasteiger partial charge is 0.319 e. The Kier molecular flexibility index (Phi) is 7.20. The molecule has 30 heavy (non-hydrogen) atoms. The van der Waals surface area contributed by atoms with Crippen LogP contribution in [0.15, 0.2) is 16.7 Å². The van der Waals surface area contributed by atoms with Crippen LogP contribution in [0, 0.1) is 6.92 Å². The summed E-state index contributed by atoms with van der Waals surface area (Å²) in [4.78, 5) is 12.4. The Bertz CT molecular complexity index is 853. The van der Waals surface area contributed by atoms with Gasteiger partial charge in [0.1, 0.15) is 18.5 Å². The molecule has 0 aliphatic heterocycles. The van der Waals surface area contributed by atoms with Crippen LogP contribution in [0.2, 0.25) is 0 Å². The van der Waals surface area contributed by atoms with E-state index in [9.17, 15) is 9.90 Å². The molecule has 1 fully saturated rings. The van der Waals surface area contributed by atoms with Gasteiger partial charge in [0, 0.05) is 18.1 Å². The number of aromatic nitrogens is 1. The highest BCUT2D eigenvalue weighted by atomic mass is 16.5. The van der Waals surface area contributed by atoms with Crippen molar-refractivity contribution in [2.24, 2.45) is 0 Å². The quantitative estimate of drug-likeness (QED) is 0.546. The predicted octanol–water partition coefficient (Wildman–Crippen LogP) is 3.72. The summed E-state index contributed by atoms with van der Waals surface area (Å²) < 4.78 is 11.3. The molecule has 1 unspecified atom stereocenters. The minimum atomic E-state index is -0.654. The first-order valence-corrected chi connectivity index (χ1v) is 10.8. The maximum atomic E-state index is 12.4. The van der Waals surface area contributed by atoms with Crippen LogP contribution in [0.4, 0.5) is 10.5 Å². The zero-order valence-electron chi connectivity index (χ0n) is 18.4. The number of aliphatic hydroxyl groups is 1. The van der Waals surface area contributed by atoms with Crippen molar-refractivity contribution in [3.63, 3.8) is 0 Å². The third-order valence-electron chi connectivity index (χ3n) is 5.24. The van der Waals surface area contributed by atoms with E-state index in [0.717, 1.165) is 25.7 Å². The van der Waals surface area contributed by atoms with E-state index in [1.54, 1.807) is 12.1 Å². The number of rotatable bonds is 7.